The Morgan fingerprint density at radius 1 is 1.30 bits per heavy atom. The maximum atomic E-state index is 12.1. The SMILES string of the molecule is Cc1cc(Cc2nc(-c3ccc(Cl)cc3)nn2C2(C)CCS(=O)(=O)C2)no1. The molecule has 0 spiro atoms. The smallest absolute Gasteiger partial charge is 0.181 e. The molecule has 2 aromatic heterocycles. The van der Waals surface area contributed by atoms with Crippen molar-refractivity contribution in [2.45, 2.75) is 32.2 Å². The Kier molecular flexibility index (Phi) is 4.35. The predicted molar refractivity (Wildman–Crippen MR) is 101 cm³/mol. The van der Waals surface area contributed by atoms with Gasteiger partial charge in [0.1, 0.15) is 11.6 Å². The highest BCUT2D eigenvalue weighted by molar-refractivity contribution is 7.91. The van der Waals surface area contributed by atoms with Gasteiger partial charge in [0.2, 0.25) is 0 Å². The van der Waals surface area contributed by atoms with Gasteiger partial charge >= 0.3 is 0 Å². The first kappa shape index (κ1) is 18.2. The summed E-state index contributed by atoms with van der Waals surface area (Å²) in [6.07, 6.45) is 0.914. The van der Waals surface area contributed by atoms with Crippen LogP contribution in [0.25, 0.3) is 11.4 Å². The normalized spacial score (nSPS) is 21.6. The van der Waals surface area contributed by atoms with Gasteiger partial charge in [-0.05, 0) is 44.5 Å². The van der Waals surface area contributed by atoms with Crippen molar-refractivity contribution in [3.8, 4) is 11.4 Å². The van der Waals surface area contributed by atoms with Gasteiger partial charge in [-0.15, -0.1) is 0 Å². The van der Waals surface area contributed by atoms with Crippen LogP contribution in [0.1, 0.15) is 30.6 Å². The Balaban J connectivity index is 1.78. The Morgan fingerprint density at radius 3 is 2.63 bits per heavy atom. The van der Waals surface area contributed by atoms with E-state index in [1.165, 1.54) is 0 Å². The van der Waals surface area contributed by atoms with E-state index in [1.807, 2.05) is 32.0 Å². The molecule has 7 nitrogen and oxygen atoms in total. The van der Waals surface area contributed by atoms with Crippen molar-refractivity contribution in [3.63, 3.8) is 0 Å². The second kappa shape index (κ2) is 6.45. The van der Waals surface area contributed by atoms with Crippen LogP contribution < -0.4 is 0 Å². The van der Waals surface area contributed by atoms with Gasteiger partial charge in [-0.3, -0.25) is 0 Å². The first-order chi connectivity index (χ1) is 12.7. The summed E-state index contributed by atoms with van der Waals surface area (Å²) in [7, 11) is -3.09. The molecule has 0 N–H and O–H groups in total. The molecule has 1 unspecified atom stereocenters. The number of hydrogen-bond acceptors (Lipinski definition) is 6. The lowest BCUT2D eigenvalue weighted by molar-refractivity contribution is 0.317. The number of rotatable bonds is 4. The van der Waals surface area contributed by atoms with Crippen LogP contribution >= 0.6 is 11.6 Å². The topological polar surface area (TPSA) is 90.9 Å². The monoisotopic (exact) mass is 406 g/mol. The molecule has 0 bridgehead atoms. The van der Waals surface area contributed by atoms with Crippen molar-refractivity contribution in [3.05, 3.63) is 52.6 Å². The van der Waals surface area contributed by atoms with Crippen molar-refractivity contribution in [2.75, 3.05) is 11.5 Å². The molecule has 1 atom stereocenters. The van der Waals surface area contributed by atoms with E-state index in [9.17, 15) is 8.42 Å². The Hall–Kier alpha value is -2.19. The van der Waals surface area contributed by atoms with Crippen molar-refractivity contribution in [1.29, 1.82) is 0 Å². The molecule has 0 radical (unpaired) electrons. The fraction of sp³-hybridized carbons (Fsp3) is 0.389. The summed E-state index contributed by atoms with van der Waals surface area (Å²) < 4.78 is 31.1. The maximum Gasteiger partial charge on any atom is 0.181 e. The quantitative estimate of drug-likeness (QED) is 0.661. The van der Waals surface area contributed by atoms with E-state index < -0.39 is 15.4 Å². The van der Waals surface area contributed by atoms with Gasteiger partial charge in [-0.1, -0.05) is 16.8 Å². The fourth-order valence-corrected chi connectivity index (χ4v) is 5.67. The third-order valence-corrected chi connectivity index (χ3v) is 6.93. The molecule has 1 aliphatic rings. The first-order valence-corrected chi connectivity index (χ1v) is 10.8. The molecular formula is C18H19ClN4O3S. The summed E-state index contributed by atoms with van der Waals surface area (Å²) in [5.41, 5.74) is 0.915. The lowest BCUT2D eigenvalue weighted by atomic mass is 10.0. The van der Waals surface area contributed by atoms with E-state index in [-0.39, 0.29) is 11.5 Å². The highest BCUT2D eigenvalue weighted by atomic mass is 35.5. The average molecular weight is 407 g/mol. The Morgan fingerprint density at radius 2 is 2.04 bits per heavy atom. The van der Waals surface area contributed by atoms with E-state index in [0.717, 1.165) is 11.3 Å². The molecule has 0 aliphatic carbocycles. The van der Waals surface area contributed by atoms with Crippen LogP contribution in [0.15, 0.2) is 34.9 Å². The van der Waals surface area contributed by atoms with E-state index in [1.54, 1.807) is 16.8 Å². The molecule has 4 rings (SSSR count). The standard InChI is InChI=1S/C18H19ClN4O3S/c1-12-9-15(22-26-12)10-16-20-17(13-3-5-14(19)6-4-13)21-23(16)18(2)7-8-27(24,25)11-18/h3-6,9H,7-8,10-11H2,1-2H3. The van der Waals surface area contributed by atoms with Gasteiger partial charge in [0, 0.05) is 16.7 Å². The van der Waals surface area contributed by atoms with Crippen LogP contribution in [0.4, 0.5) is 0 Å². The fourth-order valence-electron chi connectivity index (χ4n) is 3.44. The molecule has 1 aromatic carbocycles. The Labute approximate surface area is 162 Å². The van der Waals surface area contributed by atoms with Gasteiger partial charge < -0.3 is 4.52 Å². The van der Waals surface area contributed by atoms with Crippen LogP contribution in [-0.4, -0.2) is 39.8 Å². The summed E-state index contributed by atoms with van der Waals surface area (Å²) in [5, 5.41) is 9.33. The third kappa shape index (κ3) is 3.64. The number of sulfone groups is 1. The van der Waals surface area contributed by atoms with E-state index in [4.69, 9.17) is 16.1 Å². The minimum absolute atomic E-state index is 0.0499. The van der Waals surface area contributed by atoms with Crippen LogP contribution in [-0.2, 0) is 21.8 Å². The molecule has 1 saturated heterocycles. The highest BCUT2D eigenvalue weighted by Gasteiger charge is 2.42. The zero-order chi connectivity index (χ0) is 19.2. The summed E-state index contributed by atoms with van der Waals surface area (Å²) in [6, 6.07) is 9.09. The van der Waals surface area contributed by atoms with Crippen LogP contribution in [0.5, 0.6) is 0 Å². The lowest BCUT2D eigenvalue weighted by Crippen LogP contribution is -2.34. The summed E-state index contributed by atoms with van der Waals surface area (Å²) >= 11 is 5.97. The second-order valence-corrected chi connectivity index (χ2v) is 9.84. The number of hydrogen-bond donors (Lipinski definition) is 0. The van der Waals surface area contributed by atoms with Gasteiger partial charge in [-0.25, -0.2) is 18.1 Å². The number of halogens is 1. The van der Waals surface area contributed by atoms with Gasteiger partial charge in [0.15, 0.2) is 15.7 Å². The second-order valence-electron chi connectivity index (χ2n) is 7.21. The highest BCUT2D eigenvalue weighted by Crippen LogP contribution is 2.33. The van der Waals surface area contributed by atoms with Gasteiger partial charge in [0.05, 0.1) is 29.2 Å². The molecule has 9 heteroatoms. The summed E-state index contributed by atoms with van der Waals surface area (Å²) in [4.78, 5) is 4.68. The number of nitrogens with zero attached hydrogens (tertiary/aromatic N) is 4. The first-order valence-electron chi connectivity index (χ1n) is 8.59. The molecule has 3 heterocycles. The van der Waals surface area contributed by atoms with Crippen molar-refractivity contribution < 1.29 is 12.9 Å². The number of aromatic nitrogens is 4. The average Bonchev–Trinajstić information content (AvgIpc) is 3.27. The molecule has 1 fully saturated rings. The van der Waals surface area contributed by atoms with E-state index >= 15 is 0 Å². The van der Waals surface area contributed by atoms with Crippen LogP contribution in [0.2, 0.25) is 5.02 Å². The summed E-state index contributed by atoms with van der Waals surface area (Å²) in [5.74, 6) is 2.11. The predicted octanol–water partition coefficient (Wildman–Crippen LogP) is 3.02. The minimum atomic E-state index is -3.09. The Bertz CT molecular complexity index is 1090. The molecule has 142 valence electrons. The van der Waals surface area contributed by atoms with Crippen LogP contribution in [0.3, 0.4) is 0 Å². The molecule has 1 aliphatic heterocycles. The summed E-state index contributed by atoms with van der Waals surface area (Å²) in [6.45, 7) is 3.74. The molecule has 27 heavy (non-hydrogen) atoms. The van der Waals surface area contributed by atoms with Crippen molar-refractivity contribution >= 4 is 21.4 Å². The number of benzene rings is 1. The molecule has 0 amide bonds. The lowest BCUT2D eigenvalue weighted by Gasteiger charge is -2.24. The van der Waals surface area contributed by atoms with Crippen molar-refractivity contribution in [1.82, 2.24) is 19.9 Å². The zero-order valence-electron chi connectivity index (χ0n) is 15.0. The zero-order valence-corrected chi connectivity index (χ0v) is 16.6. The van der Waals surface area contributed by atoms with E-state index in [0.29, 0.717) is 35.3 Å². The van der Waals surface area contributed by atoms with Gasteiger partial charge in [-0.2, -0.15) is 5.10 Å². The molecule has 0 saturated carbocycles. The largest absolute Gasteiger partial charge is 0.361 e. The number of aryl methyl sites for hydroxylation is 1. The van der Waals surface area contributed by atoms with Crippen molar-refractivity contribution in [2.24, 2.45) is 0 Å². The minimum Gasteiger partial charge on any atom is -0.361 e. The van der Waals surface area contributed by atoms with Crippen LogP contribution in [0, 0.1) is 6.92 Å². The molecular weight excluding hydrogens is 388 g/mol. The molecule has 3 aromatic rings. The van der Waals surface area contributed by atoms with Gasteiger partial charge in [0.25, 0.3) is 0 Å². The van der Waals surface area contributed by atoms with E-state index in [2.05, 4.69) is 15.2 Å². The third-order valence-electron chi connectivity index (χ3n) is 4.79. The maximum absolute atomic E-state index is 12.1.